The fourth-order valence-corrected chi connectivity index (χ4v) is 3.37. The third-order valence-electron chi connectivity index (χ3n) is 4.43. The topological polar surface area (TPSA) is 91.9 Å². The first-order chi connectivity index (χ1) is 13.5. The van der Waals surface area contributed by atoms with Crippen molar-refractivity contribution in [1.82, 2.24) is 10.6 Å². The number of phenolic OH excluding ortho intramolecular Hbond substituents is 1. The molecule has 0 bridgehead atoms. The molecule has 1 amide bonds. The van der Waals surface area contributed by atoms with Gasteiger partial charge in [-0.3, -0.25) is 4.79 Å². The molecule has 2 aromatic carbocycles. The molecule has 2 aromatic rings. The van der Waals surface area contributed by atoms with Gasteiger partial charge in [-0.15, -0.1) is 0 Å². The molecule has 0 saturated heterocycles. The second kappa shape index (κ2) is 8.18. The first-order valence-corrected chi connectivity index (χ1v) is 8.95. The lowest BCUT2D eigenvalue weighted by Gasteiger charge is -2.31. The average molecular weight is 399 g/mol. The minimum atomic E-state index is -0.654. The lowest BCUT2D eigenvalue weighted by atomic mass is 9.94. The molecule has 1 heterocycles. The molecule has 0 aliphatic carbocycles. The molecule has 1 aliphatic rings. The Kier molecular flexibility index (Phi) is 5.70. The van der Waals surface area contributed by atoms with E-state index in [0.717, 1.165) is 0 Å². The standard InChI is InChI=1S/C20H21N3O4S/c1-11-16(19(25)22-13-8-4-5-9-14(13)26-2)17(23-20(28)21-11)12-7-6-10-15(27-3)18(12)24/h4-10,17,24H,1-3H3,(H,22,25)(H2,21,23,28). The van der Waals surface area contributed by atoms with Crippen molar-refractivity contribution in [2.75, 3.05) is 19.5 Å². The zero-order valence-corrected chi connectivity index (χ0v) is 16.5. The summed E-state index contributed by atoms with van der Waals surface area (Å²) in [6.07, 6.45) is 0. The van der Waals surface area contributed by atoms with E-state index in [0.29, 0.717) is 39.1 Å². The van der Waals surface area contributed by atoms with Gasteiger partial charge in [-0.1, -0.05) is 24.3 Å². The molecule has 0 aromatic heterocycles. The molecule has 7 nitrogen and oxygen atoms in total. The maximum Gasteiger partial charge on any atom is 0.255 e. The normalized spacial score (nSPS) is 16.1. The highest BCUT2D eigenvalue weighted by Crippen LogP contribution is 2.38. The highest BCUT2D eigenvalue weighted by atomic mass is 32.1. The predicted octanol–water partition coefficient (Wildman–Crippen LogP) is 2.84. The van der Waals surface area contributed by atoms with Gasteiger partial charge >= 0.3 is 0 Å². The molecular weight excluding hydrogens is 378 g/mol. The molecule has 146 valence electrons. The Morgan fingerprint density at radius 2 is 1.79 bits per heavy atom. The van der Waals surface area contributed by atoms with Crippen LogP contribution in [0.2, 0.25) is 0 Å². The van der Waals surface area contributed by atoms with Crippen LogP contribution in [0.4, 0.5) is 5.69 Å². The lowest BCUT2D eigenvalue weighted by Crippen LogP contribution is -2.45. The van der Waals surface area contributed by atoms with E-state index in [2.05, 4.69) is 16.0 Å². The smallest absolute Gasteiger partial charge is 0.255 e. The number of hydrogen-bond acceptors (Lipinski definition) is 5. The fraction of sp³-hybridized carbons (Fsp3) is 0.200. The van der Waals surface area contributed by atoms with Gasteiger partial charge in [0.25, 0.3) is 5.91 Å². The Morgan fingerprint density at radius 1 is 1.11 bits per heavy atom. The molecule has 0 saturated carbocycles. The first kappa shape index (κ1) is 19.5. The highest BCUT2D eigenvalue weighted by molar-refractivity contribution is 7.80. The molecule has 0 fully saturated rings. The molecular formula is C20H21N3O4S. The van der Waals surface area contributed by atoms with Crippen LogP contribution in [0.15, 0.2) is 53.7 Å². The number of benzene rings is 2. The SMILES string of the molecule is COc1ccccc1NC(=O)C1=C(C)NC(=S)NC1c1cccc(OC)c1O. The third-order valence-corrected chi connectivity index (χ3v) is 4.65. The van der Waals surface area contributed by atoms with Crippen molar-refractivity contribution in [2.24, 2.45) is 0 Å². The number of amides is 1. The Hall–Kier alpha value is -3.26. The number of aromatic hydroxyl groups is 1. The van der Waals surface area contributed by atoms with Crippen LogP contribution in [-0.2, 0) is 4.79 Å². The van der Waals surface area contributed by atoms with Crippen LogP contribution in [0.3, 0.4) is 0 Å². The van der Waals surface area contributed by atoms with Crippen molar-refractivity contribution in [1.29, 1.82) is 0 Å². The number of allylic oxidation sites excluding steroid dienone is 1. The van der Waals surface area contributed by atoms with Gasteiger partial charge in [0.05, 0.1) is 31.5 Å². The molecule has 28 heavy (non-hydrogen) atoms. The van der Waals surface area contributed by atoms with E-state index >= 15 is 0 Å². The highest BCUT2D eigenvalue weighted by Gasteiger charge is 2.32. The number of carbonyl (C=O) groups excluding carboxylic acids is 1. The van der Waals surface area contributed by atoms with Crippen LogP contribution in [0.1, 0.15) is 18.5 Å². The molecule has 0 spiro atoms. The van der Waals surface area contributed by atoms with Crippen molar-refractivity contribution in [3.63, 3.8) is 0 Å². The van der Waals surface area contributed by atoms with Crippen molar-refractivity contribution in [2.45, 2.75) is 13.0 Å². The molecule has 8 heteroatoms. The predicted molar refractivity (Wildman–Crippen MR) is 111 cm³/mol. The molecule has 4 N–H and O–H groups in total. The largest absolute Gasteiger partial charge is 0.504 e. The van der Waals surface area contributed by atoms with Crippen LogP contribution < -0.4 is 25.4 Å². The Balaban J connectivity index is 2.02. The first-order valence-electron chi connectivity index (χ1n) is 8.54. The number of carbonyl (C=O) groups is 1. The van der Waals surface area contributed by atoms with Crippen molar-refractivity contribution < 1.29 is 19.4 Å². The van der Waals surface area contributed by atoms with Crippen molar-refractivity contribution in [3.8, 4) is 17.2 Å². The zero-order chi connectivity index (χ0) is 20.3. The van der Waals surface area contributed by atoms with Gasteiger partial charge in [-0.2, -0.15) is 0 Å². The summed E-state index contributed by atoms with van der Waals surface area (Å²) in [5.41, 5.74) is 2.00. The van der Waals surface area contributed by atoms with Gasteiger partial charge in [0.15, 0.2) is 16.6 Å². The van der Waals surface area contributed by atoms with E-state index in [4.69, 9.17) is 21.7 Å². The number of thiocarbonyl (C=S) groups is 1. The molecule has 0 radical (unpaired) electrons. The maximum absolute atomic E-state index is 13.1. The number of anilines is 1. The third kappa shape index (κ3) is 3.72. The summed E-state index contributed by atoms with van der Waals surface area (Å²) in [5.74, 6) is 0.451. The van der Waals surface area contributed by atoms with E-state index in [1.807, 2.05) is 6.07 Å². The number of methoxy groups -OCH3 is 2. The molecule has 1 aliphatic heterocycles. The molecule has 1 unspecified atom stereocenters. The number of phenols is 1. The van der Waals surface area contributed by atoms with Gasteiger partial charge < -0.3 is 30.5 Å². The van der Waals surface area contributed by atoms with Crippen LogP contribution in [0, 0.1) is 0 Å². The maximum atomic E-state index is 13.1. The van der Waals surface area contributed by atoms with Gasteiger partial charge in [-0.05, 0) is 37.3 Å². The van der Waals surface area contributed by atoms with Crippen LogP contribution in [0.5, 0.6) is 17.2 Å². The van der Waals surface area contributed by atoms with E-state index in [1.54, 1.807) is 43.3 Å². The summed E-state index contributed by atoms with van der Waals surface area (Å²) in [7, 11) is 3.00. The number of ether oxygens (including phenoxy) is 2. The van der Waals surface area contributed by atoms with E-state index in [1.165, 1.54) is 14.2 Å². The van der Waals surface area contributed by atoms with Crippen LogP contribution in [-0.4, -0.2) is 30.3 Å². The lowest BCUT2D eigenvalue weighted by molar-refractivity contribution is -0.113. The van der Waals surface area contributed by atoms with E-state index in [-0.39, 0.29) is 11.7 Å². The average Bonchev–Trinajstić information content (AvgIpc) is 2.67. The minimum absolute atomic E-state index is 0.0532. The minimum Gasteiger partial charge on any atom is -0.504 e. The Bertz CT molecular complexity index is 958. The van der Waals surface area contributed by atoms with Gasteiger partial charge in [0, 0.05) is 11.3 Å². The number of hydrogen-bond donors (Lipinski definition) is 4. The van der Waals surface area contributed by atoms with Gasteiger partial charge in [0.1, 0.15) is 5.75 Å². The number of rotatable bonds is 5. The summed E-state index contributed by atoms with van der Waals surface area (Å²) >= 11 is 5.25. The van der Waals surface area contributed by atoms with Crippen molar-refractivity contribution >= 4 is 28.9 Å². The van der Waals surface area contributed by atoms with Crippen molar-refractivity contribution in [3.05, 3.63) is 59.3 Å². The molecule has 1 atom stereocenters. The second-order valence-electron chi connectivity index (χ2n) is 6.12. The fourth-order valence-electron chi connectivity index (χ4n) is 3.10. The Labute approximate surface area is 168 Å². The molecule has 3 rings (SSSR count). The summed E-state index contributed by atoms with van der Waals surface area (Å²) in [5, 5.41) is 19.8. The van der Waals surface area contributed by atoms with Gasteiger partial charge in [0.2, 0.25) is 0 Å². The van der Waals surface area contributed by atoms with Crippen LogP contribution >= 0.6 is 12.2 Å². The Morgan fingerprint density at radius 3 is 2.50 bits per heavy atom. The summed E-state index contributed by atoms with van der Waals surface area (Å²) < 4.78 is 10.5. The van der Waals surface area contributed by atoms with Crippen LogP contribution in [0.25, 0.3) is 0 Å². The second-order valence-corrected chi connectivity index (χ2v) is 6.53. The monoisotopic (exact) mass is 399 g/mol. The van der Waals surface area contributed by atoms with E-state index < -0.39 is 6.04 Å². The quantitative estimate of drug-likeness (QED) is 0.575. The van der Waals surface area contributed by atoms with Gasteiger partial charge in [-0.25, -0.2) is 0 Å². The number of para-hydroxylation sites is 3. The zero-order valence-electron chi connectivity index (χ0n) is 15.7. The number of nitrogens with one attached hydrogen (secondary N) is 3. The van der Waals surface area contributed by atoms with E-state index in [9.17, 15) is 9.90 Å². The summed E-state index contributed by atoms with van der Waals surface area (Å²) in [6, 6.07) is 11.6. The summed E-state index contributed by atoms with van der Waals surface area (Å²) in [6.45, 7) is 1.76. The summed E-state index contributed by atoms with van der Waals surface area (Å²) in [4.78, 5) is 13.1.